The fraction of sp³-hybridized carbons (Fsp3) is 0.714. The fourth-order valence-electron chi connectivity index (χ4n) is 2.19. The summed E-state index contributed by atoms with van der Waals surface area (Å²) in [5, 5.41) is 3.40. The Balaban J connectivity index is 2.01. The second kappa shape index (κ2) is 6.03. The van der Waals surface area contributed by atoms with Gasteiger partial charge in [0.2, 0.25) is 5.95 Å². The highest BCUT2D eigenvalue weighted by atomic mass is 15.3. The van der Waals surface area contributed by atoms with Gasteiger partial charge in [-0.05, 0) is 32.1 Å². The number of anilines is 2. The second-order valence-corrected chi connectivity index (χ2v) is 5.50. The Labute approximate surface area is 110 Å². The van der Waals surface area contributed by atoms with E-state index in [4.69, 9.17) is 0 Å². The van der Waals surface area contributed by atoms with E-state index < -0.39 is 0 Å². The summed E-state index contributed by atoms with van der Waals surface area (Å²) in [5.41, 5.74) is 1.04. The van der Waals surface area contributed by atoms with E-state index in [1.807, 2.05) is 13.0 Å². The molecule has 0 unspecified atom stereocenters. The summed E-state index contributed by atoms with van der Waals surface area (Å²) in [6.07, 6.45) is 3.68. The van der Waals surface area contributed by atoms with Crippen molar-refractivity contribution in [3.63, 3.8) is 0 Å². The van der Waals surface area contributed by atoms with Gasteiger partial charge in [-0.25, -0.2) is 4.98 Å². The Morgan fingerprint density at radius 2 is 2.00 bits per heavy atom. The molecule has 2 heterocycles. The lowest BCUT2D eigenvalue weighted by Crippen LogP contribution is -2.21. The summed E-state index contributed by atoms with van der Waals surface area (Å²) in [7, 11) is 0. The second-order valence-electron chi connectivity index (χ2n) is 5.50. The first kappa shape index (κ1) is 13.1. The molecule has 0 spiro atoms. The van der Waals surface area contributed by atoms with Crippen LogP contribution in [0.5, 0.6) is 0 Å². The van der Waals surface area contributed by atoms with E-state index in [0.29, 0.717) is 0 Å². The van der Waals surface area contributed by atoms with Gasteiger partial charge in [0, 0.05) is 31.4 Å². The van der Waals surface area contributed by atoms with Crippen LogP contribution in [-0.2, 0) is 0 Å². The summed E-state index contributed by atoms with van der Waals surface area (Å²) < 4.78 is 0. The Morgan fingerprint density at radius 1 is 1.28 bits per heavy atom. The third kappa shape index (κ3) is 3.59. The summed E-state index contributed by atoms with van der Waals surface area (Å²) in [6, 6.07) is 2.03. The van der Waals surface area contributed by atoms with Gasteiger partial charge in [0.1, 0.15) is 5.82 Å². The first-order valence-corrected chi connectivity index (χ1v) is 6.99. The first-order valence-electron chi connectivity index (χ1n) is 6.99. The molecular formula is C14H24N4. The largest absolute Gasteiger partial charge is 0.370 e. The van der Waals surface area contributed by atoms with Crippen LogP contribution in [0.3, 0.4) is 0 Å². The number of hydrogen-bond acceptors (Lipinski definition) is 4. The molecule has 100 valence electrons. The highest BCUT2D eigenvalue weighted by Crippen LogP contribution is 2.18. The monoisotopic (exact) mass is 248 g/mol. The molecule has 0 bridgehead atoms. The molecule has 1 fully saturated rings. The summed E-state index contributed by atoms with van der Waals surface area (Å²) in [5.74, 6) is 2.57. The van der Waals surface area contributed by atoms with Crippen LogP contribution in [0.1, 0.15) is 38.8 Å². The van der Waals surface area contributed by atoms with Gasteiger partial charge in [-0.3, -0.25) is 0 Å². The molecule has 2 rings (SSSR count). The van der Waals surface area contributed by atoms with Crippen LogP contribution in [0.15, 0.2) is 6.07 Å². The van der Waals surface area contributed by atoms with Crippen molar-refractivity contribution in [2.24, 2.45) is 5.92 Å². The lowest BCUT2D eigenvalue weighted by molar-refractivity contribution is 0.606. The third-order valence-corrected chi connectivity index (χ3v) is 3.26. The van der Waals surface area contributed by atoms with Crippen molar-refractivity contribution >= 4 is 11.8 Å². The maximum atomic E-state index is 4.62. The number of nitrogens with zero attached hydrogens (tertiary/aromatic N) is 3. The van der Waals surface area contributed by atoms with E-state index >= 15 is 0 Å². The number of hydrogen-bond donors (Lipinski definition) is 1. The lowest BCUT2D eigenvalue weighted by atomic mass is 10.1. The van der Waals surface area contributed by atoms with Crippen molar-refractivity contribution in [1.82, 2.24) is 9.97 Å². The molecule has 0 aromatic carbocycles. The Bertz CT molecular complexity index is 383. The molecule has 0 saturated carbocycles. The predicted molar refractivity (Wildman–Crippen MR) is 76.2 cm³/mol. The molecule has 1 N–H and O–H groups in total. The minimum absolute atomic E-state index is 0.721. The van der Waals surface area contributed by atoms with Crippen LogP contribution >= 0.6 is 0 Å². The Kier molecular flexibility index (Phi) is 4.39. The topological polar surface area (TPSA) is 41.1 Å². The van der Waals surface area contributed by atoms with Gasteiger partial charge in [-0.2, -0.15) is 4.98 Å². The number of aryl methyl sites for hydroxylation is 1. The maximum absolute atomic E-state index is 4.62. The van der Waals surface area contributed by atoms with Crippen LogP contribution in [0, 0.1) is 12.8 Å². The molecule has 0 atom stereocenters. The zero-order valence-corrected chi connectivity index (χ0v) is 11.7. The first-order chi connectivity index (χ1) is 8.65. The van der Waals surface area contributed by atoms with Crippen LogP contribution < -0.4 is 10.2 Å². The van der Waals surface area contributed by atoms with Crippen LogP contribution in [0.2, 0.25) is 0 Å². The molecule has 1 aliphatic rings. The molecule has 1 aromatic heterocycles. The number of nitrogens with one attached hydrogen (secondary N) is 1. The molecule has 4 heteroatoms. The van der Waals surface area contributed by atoms with Gasteiger partial charge >= 0.3 is 0 Å². The normalized spacial score (nSPS) is 15.4. The van der Waals surface area contributed by atoms with Crippen molar-refractivity contribution in [2.75, 3.05) is 29.9 Å². The van der Waals surface area contributed by atoms with E-state index in [1.54, 1.807) is 0 Å². The number of rotatable bonds is 5. The quantitative estimate of drug-likeness (QED) is 0.870. The predicted octanol–water partition coefficient (Wildman–Crippen LogP) is 2.84. The maximum Gasteiger partial charge on any atom is 0.227 e. The van der Waals surface area contributed by atoms with Gasteiger partial charge in [-0.15, -0.1) is 0 Å². The van der Waals surface area contributed by atoms with E-state index in [9.17, 15) is 0 Å². The van der Waals surface area contributed by atoms with E-state index in [1.165, 1.54) is 19.3 Å². The lowest BCUT2D eigenvalue weighted by Gasteiger charge is -2.17. The molecule has 0 aliphatic carbocycles. The summed E-state index contributed by atoms with van der Waals surface area (Å²) in [4.78, 5) is 11.4. The Morgan fingerprint density at radius 3 is 2.67 bits per heavy atom. The summed E-state index contributed by atoms with van der Waals surface area (Å²) >= 11 is 0. The fourth-order valence-corrected chi connectivity index (χ4v) is 2.19. The average molecular weight is 248 g/mol. The van der Waals surface area contributed by atoms with Gasteiger partial charge in [0.15, 0.2) is 0 Å². The van der Waals surface area contributed by atoms with Crippen molar-refractivity contribution < 1.29 is 0 Å². The van der Waals surface area contributed by atoms with Crippen LogP contribution in [0.25, 0.3) is 0 Å². The van der Waals surface area contributed by atoms with Crippen molar-refractivity contribution in [1.29, 1.82) is 0 Å². The van der Waals surface area contributed by atoms with Crippen LogP contribution in [0.4, 0.5) is 11.8 Å². The van der Waals surface area contributed by atoms with Crippen molar-refractivity contribution in [3.05, 3.63) is 11.8 Å². The molecule has 0 amide bonds. The van der Waals surface area contributed by atoms with E-state index in [0.717, 1.165) is 43.0 Å². The minimum Gasteiger partial charge on any atom is -0.370 e. The molecule has 0 radical (unpaired) electrons. The van der Waals surface area contributed by atoms with Crippen LogP contribution in [-0.4, -0.2) is 29.6 Å². The van der Waals surface area contributed by atoms with E-state index in [-0.39, 0.29) is 0 Å². The van der Waals surface area contributed by atoms with Gasteiger partial charge in [0.25, 0.3) is 0 Å². The molecule has 4 nitrogen and oxygen atoms in total. The summed E-state index contributed by atoms with van der Waals surface area (Å²) in [6.45, 7) is 9.68. The zero-order valence-electron chi connectivity index (χ0n) is 11.7. The SMILES string of the molecule is Cc1cc(NCCC(C)C)nc(N2CCCC2)n1. The molecule has 18 heavy (non-hydrogen) atoms. The number of aromatic nitrogens is 2. The minimum atomic E-state index is 0.721. The standard InChI is InChI=1S/C14H24N4/c1-11(2)6-7-15-13-10-12(3)16-14(17-13)18-8-4-5-9-18/h10-11H,4-9H2,1-3H3,(H,15,16,17). The highest BCUT2D eigenvalue weighted by molar-refractivity contribution is 5.44. The van der Waals surface area contributed by atoms with Gasteiger partial charge in [0.05, 0.1) is 0 Å². The molecule has 1 aromatic rings. The van der Waals surface area contributed by atoms with Crippen molar-refractivity contribution in [3.8, 4) is 0 Å². The third-order valence-electron chi connectivity index (χ3n) is 3.26. The smallest absolute Gasteiger partial charge is 0.227 e. The molecular weight excluding hydrogens is 224 g/mol. The van der Waals surface area contributed by atoms with E-state index in [2.05, 4.69) is 34.0 Å². The zero-order chi connectivity index (χ0) is 13.0. The Hall–Kier alpha value is -1.32. The van der Waals surface area contributed by atoms with Gasteiger partial charge in [-0.1, -0.05) is 13.8 Å². The van der Waals surface area contributed by atoms with Gasteiger partial charge < -0.3 is 10.2 Å². The molecule has 1 aliphatic heterocycles. The highest BCUT2D eigenvalue weighted by Gasteiger charge is 2.15. The molecule has 1 saturated heterocycles. The van der Waals surface area contributed by atoms with Crippen molar-refractivity contribution in [2.45, 2.75) is 40.0 Å². The average Bonchev–Trinajstić information content (AvgIpc) is 2.81.